The number of methoxy groups -OCH3 is 3. The van der Waals surface area contributed by atoms with Gasteiger partial charge in [0.05, 0.1) is 33.6 Å². The molecule has 0 fully saturated rings. The van der Waals surface area contributed by atoms with E-state index in [1.807, 2.05) is 55.8 Å². The van der Waals surface area contributed by atoms with Crippen molar-refractivity contribution in [3.8, 4) is 17.2 Å². The van der Waals surface area contributed by atoms with Crippen LogP contribution in [0.15, 0.2) is 47.5 Å². The number of nitrogens with one attached hydrogen (secondary N) is 2. The van der Waals surface area contributed by atoms with E-state index in [1.54, 1.807) is 12.1 Å². The van der Waals surface area contributed by atoms with Crippen LogP contribution in [0.3, 0.4) is 0 Å². The van der Waals surface area contributed by atoms with E-state index in [4.69, 9.17) is 14.2 Å². The Morgan fingerprint density at radius 1 is 1.03 bits per heavy atom. The number of rotatable bonds is 8. The predicted molar refractivity (Wildman–Crippen MR) is 132 cm³/mol. The molecule has 0 saturated carbocycles. The molecule has 3 aromatic rings. The average molecular weight is 466 g/mol. The highest BCUT2D eigenvalue weighted by Crippen LogP contribution is 2.38. The van der Waals surface area contributed by atoms with Gasteiger partial charge < -0.3 is 19.5 Å². The van der Waals surface area contributed by atoms with Crippen LogP contribution in [0.2, 0.25) is 0 Å². The van der Waals surface area contributed by atoms with Crippen molar-refractivity contribution >= 4 is 17.6 Å². The van der Waals surface area contributed by atoms with Gasteiger partial charge in [-0.2, -0.15) is 5.10 Å². The number of hydrogen-bond donors (Lipinski definition) is 2. The quantitative estimate of drug-likeness (QED) is 0.386. The third kappa shape index (κ3) is 5.48. The van der Waals surface area contributed by atoms with E-state index in [2.05, 4.69) is 20.7 Å². The van der Waals surface area contributed by atoms with Crippen LogP contribution in [0.1, 0.15) is 34.2 Å². The highest BCUT2D eigenvalue weighted by atomic mass is 16.5. The first-order valence-corrected chi connectivity index (χ1v) is 10.9. The standard InChI is InChI=1S/C25H31N5O4/c1-7-30-17(3)20(16(2)29-30)15-26-25(27-19-11-9-8-10-12-19)28-24(31)18-13-21(32-4)23(34-6)22(14-18)33-5/h8-14H,7,15H2,1-6H3,(H2,26,27,28,31). The Morgan fingerprint density at radius 3 is 2.21 bits per heavy atom. The van der Waals surface area contributed by atoms with Crippen molar-refractivity contribution in [2.24, 2.45) is 4.99 Å². The van der Waals surface area contributed by atoms with E-state index in [0.717, 1.165) is 29.2 Å². The van der Waals surface area contributed by atoms with Gasteiger partial charge in [0, 0.05) is 29.1 Å². The summed E-state index contributed by atoms with van der Waals surface area (Å²) < 4.78 is 18.0. The van der Waals surface area contributed by atoms with Crippen LogP contribution in [0.25, 0.3) is 0 Å². The number of hydrogen-bond acceptors (Lipinski definition) is 6. The lowest BCUT2D eigenvalue weighted by Crippen LogP contribution is -2.36. The van der Waals surface area contributed by atoms with Gasteiger partial charge in [0.25, 0.3) is 5.91 Å². The highest BCUT2D eigenvalue weighted by Gasteiger charge is 2.18. The molecule has 0 unspecified atom stereocenters. The molecule has 0 aliphatic carbocycles. The number of aliphatic imine (C=N–C) groups is 1. The van der Waals surface area contributed by atoms with Crippen LogP contribution in [0.5, 0.6) is 17.2 Å². The Kier molecular flexibility index (Phi) is 8.13. The van der Waals surface area contributed by atoms with E-state index in [1.165, 1.54) is 21.3 Å². The average Bonchev–Trinajstić information content (AvgIpc) is 3.14. The van der Waals surface area contributed by atoms with Crippen molar-refractivity contribution in [3.05, 3.63) is 65.0 Å². The minimum absolute atomic E-state index is 0.313. The molecule has 9 nitrogen and oxygen atoms in total. The number of anilines is 1. The molecule has 0 saturated heterocycles. The third-order valence-electron chi connectivity index (χ3n) is 5.42. The topological polar surface area (TPSA) is 99.0 Å². The number of ether oxygens (including phenoxy) is 3. The SMILES string of the molecule is CCn1nc(C)c(CN=C(NC(=O)c2cc(OC)c(OC)c(OC)c2)Nc2ccccc2)c1C. The summed E-state index contributed by atoms with van der Waals surface area (Å²) in [6.45, 7) is 7.17. The van der Waals surface area contributed by atoms with Crippen molar-refractivity contribution in [3.63, 3.8) is 0 Å². The Labute approximate surface area is 199 Å². The first kappa shape index (κ1) is 24.6. The molecular formula is C25H31N5O4. The van der Waals surface area contributed by atoms with Gasteiger partial charge >= 0.3 is 0 Å². The summed E-state index contributed by atoms with van der Waals surface area (Å²) in [7, 11) is 4.52. The predicted octanol–water partition coefficient (Wildman–Crippen LogP) is 3.94. The largest absolute Gasteiger partial charge is 0.493 e. The summed E-state index contributed by atoms with van der Waals surface area (Å²) in [5, 5.41) is 10.6. The van der Waals surface area contributed by atoms with Gasteiger partial charge in [0.2, 0.25) is 11.7 Å². The number of nitrogens with zero attached hydrogens (tertiary/aromatic N) is 3. The van der Waals surface area contributed by atoms with E-state index in [-0.39, 0.29) is 5.91 Å². The molecule has 1 aromatic heterocycles. The molecule has 0 spiro atoms. The Balaban J connectivity index is 1.92. The van der Waals surface area contributed by atoms with Gasteiger partial charge in [-0.25, -0.2) is 4.99 Å². The number of carbonyl (C=O) groups excluding carboxylic acids is 1. The first-order valence-electron chi connectivity index (χ1n) is 10.9. The third-order valence-corrected chi connectivity index (χ3v) is 5.42. The second kappa shape index (κ2) is 11.2. The van der Waals surface area contributed by atoms with Crippen molar-refractivity contribution in [2.75, 3.05) is 26.6 Å². The molecule has 3 rings (SSSR count). The van der Waals surface area contributed by atoms with E-state index >= 15 is 0 Å². The van der Waals surface area contributed by atoms with Crippen LogP contribution in [-0.2, 0) is 13.1 Å². The lowest BCUT2D eigenvalue weighted by Gasteiger charge is -2.15. The van der Waals surface area contributed by atoms with Crippen molar-refractivity contribution in [1.82, 2.24) is 15.1 Å². The summed E-state index contributed by atoms with van der Waals surface area (Å²) in [6, 6.07) is 12.7. The molecule has 9 heteroatoms. The fourth-order valence-electron chi connectivity index (χ4n) is 3.59. The second-order valence-electron chi connectivity index (χ2n) is 7.49. The lowest BCUT2D eigenvalue weighted by molar-refractivity contribution is 0.0976. The summed E-state index contributed by atoms with van der Waals surface area (Å²) in [5.74, 6) is 1.13. The number of amides is 1. The fourth-order valence-corrected chi connectivity index (χ4v) is 3.59. The van der Waals surface area contributed by atoms with Crippen LogP contribution in [-0.4, -0.2) is 43.0 Å². The Morgan fingerprint density at radius 2 is 1.68 bits per heavy atom. The molecule has 2 N–H and O–H groups in total. The molecule has 2 aromatic carbocycles. The molecule has 0 aliphatic heterocycles. The van der Waals surface area contributed by atoms with Crippen LogP contribution in [0, 0.1) is 13.8 Å². The van der Waals surface area contributed by atoms with Gasteiger partial charge in [0.15, 0.2) is 11.5 Å². The molecule has 0 bridgehead atoms. The first-order chi connectivity index (χ1) is 16.4. The minimum atomic E-state index is -0.376. The molecule has 0 aliphatic rings. The highest BCUT2D eigenvalue weighted by molar-refractivity contribution is 6.10. The summed E-state index contributed by atoms with van der Waals surface area (Å²) in [6.07, 6.45) is 0. The van der Waals surface area contributed by atoms with Crippen molar-refractivity contribution in [1.29, 1.82) is 0 Å². The maximum atomic E-state index is 13.2. The van der Waals surface area contributed by atoms with Gasteiger partial charge in [-0.3, -0.25) is 14.8 Å². The molecule has 180 valence electrons. The molecule has 0 radical (unpaired) electrons. The lowest BCUT2D eigenvalue weighted by atomic mass is 10.1. The van der Waals surface area contributed by atoms with Crippen LogP contribution < -0.4 is 24.8 Å². The Hall–Kier alpha value is -4.01. The fraction of sp³-hybridized carbons (Fsp3) is 0.320. The zero-order chi connectivity index (χ0) is 24.7. The van der Waals surface area contributed by atoms with Crippen molar-refractivity contribution < 1.29 is 19.0 Å². The van der Waals surface area contributed by atoms with Gasteiger partial charge in [-0.15, -0.1) is 0 Å². The molecule has 0 atom stereocenters. The number of guanidine groups is 1. The van der Waals surface area contributed by atoms with E-state index < -0.39 is 0 Å². The van der Waals surface area contributed by atoms with Gasteiger partial charge in [0.1, 0.15) is 0 Å². The smallest absolute Gasteiger partial charge is 0.258 e. The van der Waals surface area contributed by atoms with Crippen molar-refractivity contribution in [2.45, 2.75) is 33.9 Å². The van der Waals surface area contributed by atoms with Gasteiger partial charge in [-0.05, 0) is 45.0 Å². The maximum Gasteiger partial charge on any atom is 0.258 e. The maximum absolute atomic E-state index is 13.2. The molecular weight excluding hydrogens is 434 g/mol. The molecule has 34 heavy (non-hydrogen) atoms. The molecule has 1 amide bonds. The molecule has 1 heterocycles. The van der Waals surface area contributed by atoms with Crippen LogP contribution in [0.4, 0.5) is 5.69 Å². The zero-order valence-electron chi connectivity index (χ0n) is 20.4. The monoisotopic (exact) mass is 465 g/mol. The summed E-state index contributed by atoms with van der Waals surface area (Å²) >= 11 is 0. The minimum Gasteiger partial charge on any atom is -0.493 e. The van der Waals surface area contributed by atoms with Gasteiger partial charge in [-0.1, -0.05) is 18.2 Å². The summed E-state index contributed by atoms with van der Waals surface area (Å²) in [5.41, 5.74) is 4.13. The summed E-state index contributed by atoms with van der Waals surface area (Å²) in [4.78, 5) is 17.9. The zero-order valence-corrected chi connectivity index (χ0v) is 20.4. The number of benzene rings is 2. The number of para-hydroxylation sites is 1. The van der Waals surface area contributed by atoms with E-state index in [9.17, 15) is 4.79 Å². The number of aryl methyl sites for hydroxylation is 2. The second-order valence-corrected chi connectivity index (χ2v) is 7.49. The number of aromatic nitrogens is 2. The number of carbonyl (C=O) groups is 1. The normalized spacial score (nSPS) is 11.2. The van der Waals surface area contributed by atoms with E-state index in [0.29, 0.717) is 35.3 Å². The Bertz CT molecular complexity index is 1150. The van der Waals surface area contributed by atoms with Crippen LogP contribution >= 0.6 is 0 Å².